The lowest BCUT2D eigenvalue weighted by Gasteiger charge is -2.26. The smallest absolute Gasteiger partial charge is 0.408 e. The molecule has 7 nitrogen and oxygen atoms in total. The molecule has 1 saturated heterocycles. The van der Waals surface area contributed by atoms with Gasteiger partial charge in [0.2, 0.25) is 0 Å². The van der Waals surface area contributed by atoms with Gasteiger partial charge < -0.3 is 25.2 Å². The maximum Gasteiger partial charge on any atom is 0.408 e. The highest BCUT2D eigenvalue weighted by molar-refractivity contribution is 6.77. The molecule has 1 aliphatic rings. The van der Waals surface area contributed by atoms with E-state index < -0.39 is 26.4 Å². The predicted molar refractivity (Wildman–Crippen MR) is 95.0 cm³/mol. The Hall–Kier alpha value is -1.28. The summed E-state index contributed by atoms with van der Waals surface area (Å²) in [7, 11) is -1.36. The minimum atomic E-state index is -1.36. The molecule has 0 aromatic heterocycles. The van der Waals surface area contributed by atoms with Crippen molar-refractivity contribution in [3.8, 4) is 0 Å². The molecule has 8 heteroatoms. The van der Waals surface area contributed by atoms with E-state index in [1.807, 2.05) is 0 Å². The van der Waals surface area contributed by atoms with Gasteiger partial charge in [-0.3, -0.25) is 0 Å². The van der Waals surface area contributed by atoms with Crippen LogP contribution < -0.4 is 10.6 Å². The summed E-state index contributed by atoms with van der Waals surface area (Å²) >= 11 is 0. The third-order valence-corrected chi connectivity index (χ3v) is 7.77. The molecular formula is C16H32N2O5Si. The summed E-state index contributed by atoms with van der Waals surface area (Å²) in [4.78, 5) is 22.9. The zero-order chi connectivity index (χ0) is 18.2. The lowest BCUT2D eigenvalue weighted by Crippen LogP contribution is -2.48. The molecule has 1 fully saturated rings. The van der Waals surface area contributed by atoms with Gasteiger partial charge in [-0.1, -0.05) is 26.6 Å². The van der Waals surface area contributed by atoms with Crippen molar-refractivity contribution in [3.05, 3.63) is 0 Å². The van der Waals surface area contributed by atoms with Crippen molar-refractivity contribution >= 4 is 20.3 Å². The van der Waals surface area contributed by atoms with Crippen LogP contribution in [0.5, 0.6) is 0 Å². The molecule has 2 amide bonds. The Morgan fingerprint density at radius 3 is 2.58 bits per heavy atom. The Kier molecular flexibility index (Phi) is 8.55. The van der Waals surface area contributed by atoms with E-state index in [2.05, 4.69) is 37.2 Å². The van der Waals surface area contributed by atoms with Crippen molar-refractivity contribution in [2.45, 2.75) is 64.0 Å². The normalized spacial score (nSPS) is 20.8. The number of alkyl carbamates (subject to hydrolysis) is 1. The molecule has 3 unspecified atom stereocenters. The van der Waals surface area contributed by atoms with Gasteiger partial charge in [0.15, 0.2) is 0 Å². The van der Waals surface area contributed by atoms with Crippen molar-refractivity contribution in [1.82, 2.24) is 10.6 Å². The Bertz CT molecular complexity index is 408. The van der Waals surface area contributed by atoms with Crippen LogP contribution >= 0.6 is 0 Å². The fourth-order valence-corrected chi connectivity index (χ4v) is 2.98. The molecule has 3 N–H and O–H groups in total. The van der Waals surface area contributed by atoms with Crippen LogP contribution in [0.15, 0.2) is 0 Å². The van der Waals surface area contributed by atoms with E-state index in [9.17, 15) is 9.59 Å². The summed E-state index contributed by atoms with van der Waals surface area (Å²) in [6, 6.07) is 0. The van der Waals surface area contributed by atoms with E-state index in [1.54, 1.807) is 0 Å². The van der Waals surface area contributed by atoms with Crippen molar-refractivity contribution in [3.63, 3.8) is 0 Å². The summed E-state index contributed by atoms with van der Waals surface area (Å²) < 4.78 is 10.7. The first-order chi connectivity index (χ1) is 11.2. The van der Waals surface area contributed by atoms with E-state index >= 15 is 0 Å². The van der Waals surface area contributed by atoms with E-state index in [1.165, 1.54) is 0 Å². The summed E-state index contributed by atoms with van der Waals surface area (Å²) in [5.41, 5.74) is 0.341. The predicted octanol–water partition coefficient (Wildman–Crippen LogP) is 3.24. The van der Waals surface area contributed by atoms with E-state index in [0.29, 0.717) is 31.1 Å². The second-order valence-electron chi connectivity index (χ2n) is 7.67. The SMILES string of the molecule is CC(COC(=O)NC(CCC1CCCOC1)NC(=O)O)[Si](C)(C)C. The number of rotatable bonds is 8. The molecule has 140 valence electrons. The average Bonchev–Trinajstić information content (AvgIpc) is 2.49. The molecule has 0 aromatic carbocycles. The van der Waals surface area contributed by atoms with Crippen molar-refractivity contribution in [2.24, 2.45) is 5.92 Å². The lowest BCUT2D eigenvalue weighted by molar-refractivity contribution is 0.0493. The van der Waals surface area contributed by atoms with Gasteiger partial charge in [-0.05, 0) is 37.1 Å². The van der Waals surface area contributed by atoms with Gasteiger partial charge in [0.05, 0.1) is 14.7 Å². The molecular weight excluding hydrogens is 328 g/mol. The molecule has 0 saturated carbocycles. The van der Waals surface area contributed by atoms with Crippen LogP contribution in [0.2, 0.25) is 25.2 Å². The van der Waals surface area contributed by atoms with Gasteiger partial charge in [-0.25, -0.2) is 9.59 Å². The topological polar surface area (TPSA) is 96.9 Å². The summed E-state index contributed by atoms with van der Waals surface area (Å²) in [5, 5.41) is 13.9. The van der Waals surface area contributed by atoms with Crippen LogP contribution in [0, 0.1) is 5.92 Å². The van der Waals surface area contributed by atoms with Crippen LogP contribution in [-0.4, -0.2) is 51.4 Å². The number of nitrogens with one attached hydrogen (secondary N) is 2. The Balaban J connectivity index is 2.40. The minimum Gasteiger partial charge on any atom is -0.465 e. The van der Waals surface area contributed by atoms with Gasteiger partial charge in [-0.15, -0.1) is 0 Å². The largest absolute Gasteiger partial charge is 0.465 e. The summed E-state index contributed by atoms with van der Waals surface area (Å²) in [6.07, 6.45) is 1.08. The molecule has 1 rings (SSSR count). The second-order valence-corrected chi connectivity index (χ2v) is 13.4. The average molecular weight is 361 g/mol. The van der Waals surface area contributed by atoms with Crippen LogP contribution in [-0.2, 0) is 9.47 Å². The first-order valence-corrected chi connectivity index (χ1v) is 12.3. The Morgan fingerprint density at radius 2 is 2.04 bits per heavy atom. The second kappa shape index (κ2) is 9.88. The van der Waals surface area contributed by atoms with Crippen molar-refractivity contribution < 1.29 is 24.2 Å². The maximum absolute atomic E-state index is 11.9. The molecule has 1 heterocycles. The first-order valence-electron chi connectivity index (χ1n) is 8.69. The van der Waals surface area contributed by atoms with Crippen LogP contribution in [0.25, 0.3) is 0 Å². The molecule has 0 aliphatic carbocycles. The fourth-order valence-electron chi connectivity index (χ4n) is 2.40. The molecule has 0 bridgehead atoms. The van der Waals surface area contributed by atoms with Crippen LogP contribution in [0.4, 0.5) is 9.59 Å². The van der Waals surface area contributed by atoms with E-state index in [-0.39, 0.29) is 0 Å². The highest BCUT2D eigenvalue weighted by Crippen LogP contribution is 2.21. The molecule has 24 heavy (non-hydrogen) atoms. The molecule has 0 aromatic rings. The summed E-state index contributed by atoms with van der Waals surface area (Å²) in [5.74, 6) is 0.418. The monoisotopic (exact) mass is 360 g/mol. The van der Waals surface area contributed by atoms with Gasteiger partial charge in [0.1, 0.15) is 6.17 Å². The third kappa shape index (κ3) is 8.54. The zero-order valence-electron chi connectivity index (χ0n) is 15.3. The van der Waals surface area contributed by atoms with E-state index in [0.717, 1.165) is 25.9 Å². The van der Waals surface area contributed by atoms with Gasteiger partial charge in [-0.2, -0.15) is 0 Å². The number of hydrogen-bond donors (Lipinski definition) is 3. The lowest BCUT2D eigenvalue weighted by atomic mass is 9.96. The number of hydrogen-bond acceptors (Lipinski definition) is 4. The summed E-state index contributed by atoms with van der Waals surface area (Å²) in [6.45, 7) is 10.6. The Labute approximate surface area is 145 Å². The quantitative estimate of drug-likeness (QED) is 0.456. The van der Waals surface area contributed by atoms with Crippen molar-refractivity contribution in [1.29, 1.82) is 0 Å². The molecule has 0 spiro atoms. The third-order valence-electron chi connectivity index (χ3n) is 4.65. The van der Waals surface area contributed by atoms with Crippen LogP contribution in [0.3, 0.4) is 0 Å². The highest BCUT2D eigenvalue weighted by Gasteiger charge is 2.24. The fraction of sp³-hybridized carbons (Fsp3) is 0.875. The van der Waals surface area contributed by atoms with Crippen LogP contribution in [0.1, 0.15) is 32.6 Å². The number of ether oxygens (including phenoxy) is 2. The van der Waals surface area contributed by atoms with Gasteiger partial charge in [0, 0.05) is 13.2 Å². The van der Waals surface area contributed by atoms with Gasteiger partial charge >= 0.3 is 12.2 Å². The highest BCUT2D eigenvalue weighted by atomic mass is 28.3. The molecule has 1 aliphatic heterocycles. The number of carboxylic acid groups (broad SMARTS) is 1. The Morgan fingerprint density at radius 1 is 1.33 bits per heavy atom. The zero-order valence-corrected chi connectivity index (χ0v) is 16.3. The van der Waals surface area contributed by atoms with Crippen molar-refractivity contribution in [2.75, 3.05) is 19.8 Å². The number of carbonyl (C=O) groups excluding carboxylic acids is 1. The number of carbonyl (C=O) groups is 2. The maximum atomic E-state index is 11.9. The van der Waals surface area contributed by atoms with E-state index in [4.69, 9.17) is 14.6 Å². The first kappa shape index (κ1) is 20.8. The molecule has 3 atom stereocenters. The minimum absolute atomic E-state index is 0.341. The molecule has 0 radical (unpaired) electrons. The standard InChI is InChI=1S/C16H32N2O5Si/c1-12(24(2,3)4)10-23-16(21)18-14(17-15(19)20)8-7-13-6-5-9-22-11-13/h12-14,17H,5-11H2,1-4H3,(H,18,21)(H,19,20). The number of amides is 2. The van der Waals surface area contributed by atoms with Gasteiger partial charge in [0.25, 0.3) is 0 Å².